The number of anilines is 2. The molecule has 7 heteroatoms. The molecule has 2 aliphatic rings. The van der Waals surface area contributed by atoms with E-state index in [4.69, 9.17) is 11.5 Å². The highest BCUT2D eigenvalue weighted by molar-refractivity contribution is 8.00. The predicted octanol–water partition coefficient (Wildman–Crippen LogP) is 5.00. The number of carbonyl (C=O) groups is 1. The predicted molar refractivity (Wildman–Crippen MR) is 142 cm³/mol. The van der Waals surface area contributed by atoms with Crippen molar-refractivity contribution in [3.63, 3.8) is 0 Å². The summed E-state index contributed by atoms with van der Waals surface area (Å²) in [5, 5.41) is 3.90. The SMILES string of the molecule is Cc1cccc(-c2c(N)nc(N)nc2CCCNC(=O)CCCCC2SCC3CC(C)CC32)c1. The molecule has 184 valence electrons. The summed E-state index contributed by atoms with van der Waals surface area (Å²) in [7, 11) is 0. The molecule has 4 atom stereocenters. The van der Waals surface area contributed by atoms with E-state index in [1.54, 1.807) is 0 Å². The molecule has 6 nitrogen and oxygen atoms in total. The number of nitrogens with two attached hydrogens (primary N) is 2. The zero-order valence-electron chi connectivity index (χ0n) is 20.6. The second kappa shape index (κ2) is 11.4. The van der Waals surface area contributed by atoms with Crippen molar-refractivity contribution < 1.29 is 4.79 Å². The van der Waals surface area contributed by atoms with E-state index < -0.39 is 0 Å². The normalized spacial score (nSPS) is 23.7. The van der Waals surface area contributed by atoms with Gasteiger partial charge in [-0.25, -0.2) is 4.98 Å². The van der Waals surface area contributed by atoms with E-state index in [-0.39, 0.29) is 11.9 Å². The molecule has 1 aromatic carbocycles. The highest BCUT2D eigenvalue weighted by atomic mass is 32.2. The molecule has 4 rings (SSSR count). The molecule has 1 saturated carbocycles. The van der Waals surface area contributed by atoms with Crippen molar-refractivity contribution in [3.05, 3.63) is 35.5 Å². The minimum Gasteiger partial charge on any atom is -0.383 e. The fourth-order valence-corrected chi connectivity index (χ4v) is 7.60. The zero-order chi connectivity index (χ0) is 24.1. The maximum atomic E-state index is 12.3. The number of amides is 1. The van der Waals surface area contributed by atoms with E-state index in [2.05, 4.69) is 40.0 Å². The van der Waals surface area contributed by atoms with Gasteiger partial charge in [0.15, 0.2) is 0 Å². The van der Waals surface area contributed by atoms with Crippen molar-refractivity contribution in [2.45, 2.75) is 70.5 Å². The first-order valence-corrected chi connectivity index (χ1v) is 13.8. The molecule has 2 aromatic rings. The fourth-order valence-electron chi connectivity index (χ4n) is 5.81. The van der Waals surface area contributed by atoms with Crippen LogP contribution in [-0.2, 0) is 11.2 Å². The maximum absolute atomic E-state index is 12.3. The summed E-state index contributed by atoms with van der Waals surface area (Å²) >= 11 is 2.18. The molecule has 0 spiro atoms. The highest BCUT2D eigenvalue weighted by Crippen LogP contribution is 2.50. The topological polar surface area (TPSA) is 107 Å². The number of fused-ring (bicyclic) bond motifs is 1. The molecule has 5 N–H and O–H groups in total. The summed E-state index contributed by atoms with van der Waals surface area (Å²) in [6, 6.07) is 8.14. The van der Waals surface area contributed by atoms with Gasteiger partial charge in [-0.05, 0) is 74.5 Å². The highest BCUT2D eigenvalue weighted by Gasteiger charge is 2.41. The Balaban J connectivity index is 1.18. The molecule has 1 aliphatic carbocycles. The molecule has 1 amide bonds. The van der Waals surface area contributed by atoms with Gasteiger partial charge in [-0.15, -0.1) is 0 Å². The minimum atomic E-state index is 0.145. The Labute approximate surface area is 208 Å². The second-order valence-corrected chi connectivity index (χ2v) is 11.5. The van der Waals surface area contributed by atoms with Crippen LogP contribution < -0.4 is 16.8 Å². The van der Waals surface area contributed by atoms with Crippen LogP contribution in [0, 0.1) is 24.7 Å². The van der Waals surface area contributed by atoms with Gasteiger partial charge in [-0.3, -0.25) is 4.79 Å². The minimum absolute atomic E-state index is 0.145. The summed E-state index contributed by atoms with van der Waals surface area (Å²) in [5.41, 5.74) is 15.9. The average Bonchev–Trinajstić information content (AvgIpc) is 3.33. The smallest absolute Gasteiger partial charge is 0.222 e. The van der Waals surface area contributed by atoms with Crippen LogP contribution in [0.25, 0.3) is 11.1 Å². The molecule has 4 unspecified atom stereocenters. The summed E-state index contributed by atoms with van der Waals surface area (Å²) in [6.07, 6.45) is 8.32. The number of unbranched alkanes of at least 4 members (excludes halogenated alkanes) is 1. The lowest BCUT2D eigenvalue weighted by atomic mass is 9.92. The Morgan fingerprint density at radius 2 is 2.03 bits per heavy atom. The first-order valence-electron chi connectivity index (χ1n) is 12.8. The fraction of sp³-hybridized carbons (Fsp3) is 0.593. The van der Waals surface area contributed by atoms with Gasteiger partial charge < -0.3 is 16.8 Å². The van der Waals surface area contributed by atoms with Gasteiger partial charge in [0.1, 0.15) is 5.82 Å². The Morgan fingerprint density at radius 3 is 2.85 bits per heavy atom. The van der Waals surface area contributed by atoms with Gasteiger partial charge in [0.2, 0.25) is 11.9 Å². The van der Waals surface area contributed by atoms with Crippen LogP contribution >= 0.6 is 11.8 Å². The lowest BCUT2D eigenvalue weighted by molar-refractivity contribution is -0.121. The lowest BCUT2D eigenvalue weighted by Crippen LogP contribution is -2.24. The number of aromatic nitrogens is 2. The third kappa shape index (κ3) is 6.23. The quantitative estimate of drug-likeness (QED) is 0.412. The second-order valence-electron chi connectivity index (χ2n) is 10.2. The van der Waals surface area contributed by atoms with Crippen molar-refractivity contribution in [1.29, 1.82) is 0 Å². The lowest BCUT2D eigenvalue weighted by Gasteiger charge is -2.17. The maximum Gasteiger partial charge on any atom is 0.222 e. The summed E-state index contributed by atoms with van der Waals surface area (Å²) in [5.74, 6) is 4.89. The molecule has 34 heavy (non-hydrogen) atoms. The summed E-state index contributed by atoms with van der Waals surface area (Å²) in [4.78, 5) is 20.9. The number of thioether (sulfide) groups is 1. The third-order valence-corrected chi connectivity index (χ3v) is 9.01. The van der Waals surface area contributed by atoms with E-state index in [0.717, 1.165) is 64.7 Å². The van der Waals surface area contributed by atoms with Crippen LogP contribution in [0.4, 0.5) is 11.8 Å². The number of nitrogen functional groups attached to an aromatic ring is 2. The number of nitrogens with zero attached hydrogens (tertiary/aromatic N) is 2. The van der Waals surface area contributed by atoms with E-state index in [1.165, 1.54) is 25.0 Å². The molecule has 2 fully saturated rings. The standard InChI is InChI=1S/C27H39N5OS/c1-17-7-5-8-19(13-17)25-22(31-27(29)32-26(25)28)9-6-12-30-24(33)11-4-3-10-23-21-15-18(2)14-20(21)16-34-23/h5,7-8,13,18,20-21,23H,3-4,6,9-12,14-16H2,1-2H3,(H,30,33)(H4,28,29,31,32). The summed E-state index contributed by atoms with van der Waals surface area (Å²) in [6.45, 7) is 5.07. The Bertz CT molecular complexity index is 997. The number of hydrogen-bond acceptors (Lipinski definition) is 6. The van der Waals surface area contributed by atoms with Crippen LogP contribution in [0.15, 0.2) is 24.3 Å². The third-order valence-electron chi connectivity index (χ3n) is 7.38. The van der Waals surface area contributed by atoms with E-state index >= 15 is 0 Å². The van der Waals surface area contributed by atoms with Crippen LogP contribution in [0.5, 0.6) is 0 Å². The number of carbonyl (C=O) groups excluding carboxylic acids is 1. The zero-order valence-corrected chi connectivity index (χ0v) is 21.4. The molecule has 0 bridgehead atoms. The first-order chi connectivity index (χ1) is 16.4. The van der Waals surface area contributed by atoms with Crippen LogP contribution in [0.3, 0.4) is 0 Å². The number of nitrogens with one attached hydrogen (secondary N) is 1. The average molecular weight is 482 g/mol. The van der Waals surface area contributed by atoms with Gasteiger partial charge >= 0.3 is 0 Å². The monoisotopic (exact) mass is 481 g/mol. The van der Waals surface area contributed by atoms with Crippen molar-refractivity contribution in [2.24, 2.45) is 17.8 Å². The molecule has 1 aromatic heterocycles. The van der Waals surface area contributed by atoms with Crippen molar-refractivity contribution in [2.75, 3.05) is 23.8 Å². The van der Waals surface area contributed by atoms with Gasteiger partial charge in [0, 0.05) is 23.8 Å². The van der Waals surface area contributed by atoms with E-state index in [9.17, 15) is 4.79 Å². The number of rotatable bonds is 10. The van der Waals surface area contributed by atoms with Gasteiger partial charge in [-0.2, -0.15) is 16.7 Å². The first kappa shape index (κ1) is 24.8. The number of aryl methyl sites for hydroxylation is 2. The number of hydrogen-bond donors (Lipinski definition) is 3. The summed E-state index contributed by atoms with van der Waals surface area (Å²) < 4.78 is 0. The molecule has 2 heterocycles. The van der Waals surface area contributed by atoms with Crippen LogP contribution in [-0.4, -0.2) is 33.4 Å². The Morgan fingerprint density at radius 1 is 1.18 bits per heavy atom. The largest absolute Gasteiger partial charge is 0.383 e. The molecular weight excluding hydrogens is 442 g/mol. The van der Waals surface area contributed by atoms with Gasteiger partial charge in [0.25, 0.3) is 0 Å². The van der Waals surface area contributed by atoms with Gasteiger partial charge in [0.05, 0.1) is 5.69 Å². The van der Waals surface area contributed by atoms with Crippen LogP contribution in [0.2, 0.25) is 0 Å². The molecule has 1 aliphatic heterocycles. The van der Waals surface area contributed by atoms with E-state index in [1.807, 2.05) is 25.1 Å². The van der Waals surface area contributed by atoms with Crippen LogP contribution in [0.1, 0.15) is 63.1 Å². The molecule has 0 radical (unpaired) electrons. The molecule has 1 saturated heterocycles. The number of benzene rings is 1. The van der Waals surface area contributed by atoms with Crippen molar-refractivity contribution >= 4 is 29.4 Å². The Hall–Kier alpha value is -2.28. The van der Waals surface area contributed by atoms with Crippen molar-refractivity contribution in [3.8, 4) is 11.1 Å². The van der Waals surface area contributed by atoms with Gasteiger partial charge in [-0.1, -0.05) is 43.2 Å². The Kier molecular flexibility index (Phi) is 8.35. The molecular formula is C27H39N5OS. The van der Waals surface area contributed by atoms with E-state index in [0.29, 0.717) is 25.2 Å². The van der Waals surface area contributed by atoms with Crippen molar-refractivity contribution in [1.82, 2.24) is 15.3 Å².